The number of amides is 1. The SMILES string of the molecule is O=C(C(c1ccc(Cl)cc1)C1CCCN1)N1CCN(c2c(-c3ccccc3)cnc3[nH]ccc23)CC1. The first-order valence-electron chi connectivity index (χ1n) is 12.7. The maximum absolute atomic E-state index is 13.9. The largest absolute Gasteiger partial charge is 0.367 e. The van der Waals surface area contributed by atoms with Crippen molar-refractivity contribution in [3.05, 3.63) is 83.6 Å². The number of carbonyl (C=O) groups is 1. The predicted molar refractivity (Wildman–Crippen MR) is 146 cm³/mol. The van der Waals surface area contributed by atoms with Crippen molar-refractivity contribution in [3.63, 3.8) is 0 Å². The Labute approximate surface area is 216 Å². The number of hydrogen-bond donors (Lipinski definition) is 2. The van der Waals surface area contributed by atoms with E-state index in [0.717, 1.165) is 60.2 Å². The molecule has 0 saturated carbocycles. The van der Waals surface area contributed by atoms with Crippen LogP contribution in [-0.4, -0.2) is 59.5 Å². The van der Waals surface area contributed by atoms with E-state index in [1.807, 2.05) is 47.6 Å². The van der Waals surface area contributed by atoms with Crippen molar-refractivity contribution in [1.82, 2.24) is 20.2 Å². The van der Waals surface area contributed by atoms with Crippen molar-refractivity contribution >= 4 is 34.2 Å². The average Bonchev–Trinajstić information content (AvgIpc) is 3.63. The first kappa shape index (κ1) is 23.1. The lowest BCUT2D eigenvalue weighted by Crippen LogP contribution is -2.52. The Balaban J connectivity index is 1.26. The van der Waals surface area contributed by atoms with E-state index in [1.165, 1.54) is 5.69 Å². The fourth-order valence-corrected chi connectivity index (χ4v) is 5.85. The number of piperazine rings is 1. The zero-order chi connectivity index (χ0) is 24.5. The monoisotopic (exact) mass is 499 g/mol. The lowest BCUT2D eigenvalue weighted by molar-refractivity contribution is -0.133. The highest BCUT2D eigenvalue weighted by Gasteiger charge is 2.36. The van der Waals surface area contributed by atoms with Crippen molar-refractivity contribution < 1.29 is 4.79 Å². The van der Waals surface area contributed by atoms with Crippen LogP contribution in [0.15, 0.2) is 73.1 Å². The molecule has 2 unspecified atom stereocenters. The Bertz CT molecular complexity index is 1340. The van der Waals surface area contributed by atoms with Gasteiger partial charge in [-0.05, 0) is 48.7 Å². The van der Waals surface area contributed by atoms with Gasteiger partial charge in [0.15, 0.2) is 0 Å². The molecule has 36 heavy (non-hydrogen) atoms. The number of carbonyl (C=O) groups excluding carboxylic acids is 1. The van der Waals surface area contributed by atoms with Crippen molar-refractivity contribution in [1.29, 1.82) is 0 Å². The Morgan fingerprint density at radius 3 is 2.50 bits per heavy atom. The molecule has 4 aromatic rings. The Morgan fingerprint density at radius 1 is 1.00 bits per heavy atom. The van der Waals surface area contributed by atoms with Gasteiger partial charge in [-0.15, -0.1) is 0 Å². The quantitative estimate of drug-likeness (QED) is 0.402. The first-order chi connectivity index (χ1) is 17.7. The molecule has 2 N–H and O–H groups in total. The summed E-state index contributed by atoms with van der Waals surface area (Å²) in [6.45, 7) is 3.91. The number of rotatable bonds is 5. The van der Waals surface area contributed by atoms with Gasteiger partial charge in [0.25, 0.3) is 0 Å². The fraction of sp³-hybridized carbons (Fsp3) is 0.310. The summed E-state index contributed by atoms with van der Waals surface area (Å²) in [5.74, 6) is 0.0228. The number of fused-ring (bicyclic) bond motifs is 1. The molecule has 0 spiro atoms. The molecular weight excluding hydrogens is 470 g/mol. The fourth-order valence-electron chi connectivity index (χ4n) is 5.72. The van der Waals surface area contributed by atoms with Crippen molar-refractivity contribution in [2.75, 3.05) is 37.6 Å². The molecule has 2 aromatic heterocycles. The first-order valence-corrected chi connectivity index (χ1v) is 13.1. The average molecular weight is 500 g/mol. The van der Waals surface area contributed by atoms with Crippen LogP contribution in [0.1, 0.15) is 24.3 Å². The van der Waals surface area contributed by atoms with Crippen LogP contribution in [-0.2, 0) is 4.79 Å². The molecule has 7 heteroatoms. The van der Waals surface area contributed by atoms with Gasteiger partial charge in [-0.25, -0.2) is 4.98 Å². The molecule has 0 radical (unpaired) electrons. The third-order valence-electron chi connectivity index (χ3n) is 7.55. The molecule has 1 amide bonds. The normalized spacial score (nSPS) is 19.1. The van der Waals surface area contributed by atoms with Crippen molar-refractivity contribution in [2.24, 2.45) is 0 Å². The highest BCUT2D eigenvalue weighted by atomic mass is 35.5. The second-order valence-corrected chi connectivity index (χ2v) is 10.1. The molecule has 2 fully saturated rings. The van der Waals surface area contributed by atoms with E-state index in [-0.39, 0.29) is 17.9 Å². The van der Waals surface area contributed by atoms with Crippen LogP contribution in [0.2, 0.25) is 5.02 Å². The minimum Gasteiger partial charge on any atom is -0.367 e. The van der Waals surface area contributed by atoms with Gasteiger partial charge in [0, 0.05) is 60.6 Å². The molecule has 2 saturated heterocycles. The van der Waals surface area contributed by atoms with E-state index < -0.39 is 0 Å². The highest BCUT2D eigenvalue weighted by molar-refractivity contribution is 6.30. The number of nitrogens with one attached hydrogen (secondary N) is 2. The van der Waals surface area contributed by atoms with E-state index in [9.17, 15) is 4.79 Å². The van der Waals surface area contributed by atoms with Crippen LogP contribution < -0.4 is 10.2 Å². The standard InChI is InChI=1S/C29H30ClN5O/c30-22-10-8-21(9-11-22)26(25-7-4-13-31-25)29(36)35-17-15-34(16-18-35)27-23-12-14-32-28(23)33-19-24(27)20-5-2-1-3-6-20/h1-3,5-6,8-12,14,19,25-26,31H,4,7,13,15-18H2,(H,32,33). The maximum Gasteiger partial charge on any atom is 0.231 e. The predicted octanol–water partition coefficient (Wildman–Crippen LogP) is 5.07. The van der Waals surface area contributed by atoms with Crippen LogP contribution in [0, 0.1) is 0 Å². The number of aromatic nitrogens is 2. The summed E-state index contributed by atoms with van der Waals surface area (Å²) < 4.78 is 0. The number of anilines is 1. The minimum absolute atomic E-state index is 0.168. The zero-order valence-electron chi connectivity index (χ0n) is 20.2. The highest BCUT2D eigenvalue weighted by Crippen LogP contribution is 2.37. The summed E-state index contributed by atoms with van der Waals surface area (Å²) in [6, 6.07) is 20.5. The smallest absolute Gasteiger partial charge is 0.231 e. The third-order valence-corrected chi connectivity index (χ3v) is 7.80. The van der Waals surface area contributed by atoms with Gasteiger partial charge in [-0.3, -0.25) is 4.79 Å². The van der Waals surface area contributed by atoms with E-state index in [0.29, 0.717) is 18.1 Å². The molecule has 0 bridgehead atoms. The lowest BCUT2D eigenvalue weighted by Gasteiger charge is -2.39. The van der Waals surface area contributed by atoms with Crippen LogP contribution in [0.25, 0.3) is 22.2 Å². The molecular formula is C29H30ClN5O. The minimum atomic E-state index is -0.187. The number of H-pyrrole nitrogens is 1. The molecule has 2 atom stereocenters. The molecule has 2 aromatic carbocycles. The molecule has 6 rings (SSSR count). The topological polar surface area (TPSA) is 64.3 Å². The Hall–Kier alpha value is -3.35. The van der Waals surface area contributed by atoms with Gasteiger partial charge in [0.1, 0.15) is 5.65 Å². The number of benzene rings is 2. The number of halogens is 1. The van der Waals surface area contributed by atoms with Crippen LogP contribution in [0.5, 0.6) is 0 Å². The van der Waals surface area contributed by atoms with Gasteiger partial charge in [0.2, 0.25) is 5.91 Å². The molecule has 4 heterocycles. The van der Waals surface area contributed by atoms with E-state index in [4.69, 9.17) is 11.6 Å². The molecule has 0 aliphatic carbocycles. The van der Waals surface area contributed by atoms with Gasteiger partial charge < -0.3 is 20.1 Å². The molecule has 2 aliphatic heterocycles. The number of pyridine rings is 1. The Morgan fingerprint density at radius 2 is 1.78 bits per heavy atom. The van der Waals surface area contributed by atoms with Crippen LogP contribution in [0.4, 0.5) is 5.69 Å². The van der Waals surface area contributed by atoms with E-state index in [1.54, 1.807) is 0 Å². The maximum atomic E-state index is 13.9. The summed E-state index contributed by atoms with van der Waals surface area (Å²) >= 11 is 6.15. The van der Waals surface area contributed by atoms with Gasteiger partial charge in [-0.2, -0.15) is 0 Å². The van der Waals surface area contributed by atoms with Crippen molar-refractivity contribution in [2.45, 2.75) is 24.8 Å². The lowest BCUT2D eigenvalue weighted by atomic mass is 9.89. The molecule has 6 nitrogen and oxygen atoms in total. The zero-order valence-corrected chi connectivity index (χ0v) is 20.9. The van der Waals surface area contributed by atoms with Gasteiger partial charge >= 0.3 is 0 Å². The third kappa shape index (κ3) is 4.36. The molecule has 184 valence electrons. The second-order valence-electron chi connectivity index (χ2n) is 9.67. The van der Waals surface area contributed by atoms with E-state index in [2.05, 4.69) is 50.5 Å². The molecule has 2 aliphatic rings. The summed E-state index contributed by atoms with van der Waals surface area (Å²) in [5, 5.41) is 5.38. The second kappa shape index (κ2) is 9.96. The summed E-state index contributed by atoms with van der Waals surface area (Å²) in [6.07, 6.45) is 6.03. The van der Waals surface area contributed by atoms with Crippen LogP contribution >= 0.6 is 11.6 Å². The summed E-state index contributed by atoms with van der Waals surface area (Å²) in [4.78, 5) is 26.3. The number of hydrogen-bond acceptors (Lipinski definition) is 4. The summed E-state index contributed by atoms with van der Waals surface area (Å²) in [7, 11) is 0. The van der Waals surface area contributed by atoms with Crippen LogP contribution in [0.3, 0.4) is 0 Å². The number of aromatic amines is 1. The summed E-state index contributed by atoms with van der Waals surface area (Å²) in [5.41, 5.74) is 5.39. The van der Waals surface area contributed by atoms with Gasteiger partial charge in [-0.1, -0.05) is 54.1 Å². The number of nitrogens with zero attached hydrogens (tertiary/aromatic N) is 3. The van der Waals surface area contributed by atoms with Crippen molar-refractivity contribution in [3.8, 4) is 11.1 Å². The Kier molecular flexibility index (Phi) is 6.38. The van der Waals surface area contributed by atoms with Gasteiger partial charge in [0.05, 0.1) is 11.6 Å². The van der Waals surface area contributed by atoms with E-state index >= 15 is 0 Å².